The molecular formula is C27H35N11O2. The van der Waals surface area contributed by atoms with E-state index in [1.807, 2.05) is 26.2 Å². The Morgan fingerprint density at radius 1 is 1.10 bits per heavy atom. The van der Waals surface area contributed by atoms with Crippen molar-refractivity contribution in [2.24, 2.45) is 13.0 Å². The Morgan fingerprint density at radius 2 is 1.95 bits per heavy atom. The minimum absolute atomic E-state index is 0.00916. The predicted octanol–water partition coefficient (Wildman–Crippen LogP) is 3.21. The quantitative estimate of drug-likeness (QED) is 0.272. The zero-order valence-electron chi connectivity index (χ0n) is 23.1. The van der Waals surface area contributed by atoms with E-state index < -0.39 is 0 Å². The molecule has 3 fully saturated rings. The van der Waals surface area contributed by atoms with Crippen LogP contribution in [0.15, 0.2) is 30.9 Å². The van der Waals surface area contributed by atoms with Crippen LogP contribution in [0, 0.1) is 12.8 Å². The van der Waals surface area contributed by atoms with Crippen LogP contribution in [0.3, 0.4) is 0 Å². The summed E-state index contributed by atoms with van der Waals surface area (Å²) < 4.78 is 8.60. The van der Waals surface area contributed by atoms with Crippen molar-refractivity contribution < 1.29 is 9.53 Å². The lowest BCUT2D eigenvalue weighted by molar-refractivity contribution is -0.119. The Hall–Kier alpha value is -4.10. The molecule has 1 amide bonds. The molecule has 4 aromatic heterocycles. The summed E-state index contributed by atoms with van der Waals surface area (Å²) in [5.74, 6) is 1.78. The first-order valence-corrected chi connectivity index (χ1v) is 13.7. The van der Waals surface area contributed by atoms with E-state index in [1.54, 1.807) is 35.1 Å². The molecule has 13 nitrogen and oxygen atoms in total. The van der Waals surface area contributed by atoms with Gasteiger partial charge in [-0.3, -0.25) is 19.4 Å². The highest BCUT2D eigenvalue weighted by Gasteiger charge is 2.34. The van der Waals surface area contributed by atoms with E-state index >= 15 is 0 Å². The number of amides is 1. The van der Waals surface area contributed by atoms with E-state index in [0.29, 0.717) is 48.8 Å². The summed E-state index contributed by atoms with van der Waals surface area (Å²) >= 11 is 0. The first-order valence-electron chi connectivity index (χ1n) is 13.7. The van der Waals surface area contributed by atoms with Gasteiger partial charge in [0.15, 0.2) is 11.5 Å². The number of methoxy groups -OCH3 is 1. The van der Waals surface area contributed by atoms with Crippen LogP contribution in [-0.2, 0) is 23.1 Å². The number of aromatic nitrogens is 7. The van der Waals surface area contributed by atoms with Gasteiger partial charge in [0.05, 0.1) is 60.2 Å². The summed E-state index contributed by atoms with van der Waals surface area (Å²) in [6.07, 6.45) is 12.0. The highest BCUT2D eigenvalue weighted by atomic mass is 16.5. The third-order valence-electron chi connectivity index (χ3n) is 7.79. The largest absolute Gasteiger partial charge is 0.383 e. The summed E-state index contributed by atoms with van der Waals surface area (Å²) in [5, 5.41) is 19.3. The van der Waals surface area contributed by atoms with Crippen LogP contribution in [-0.4, -0.2) is 78.2 Å². The van der Waals surface area contributed by atoms with Gasteiger partial charge in [0.1, 0.15) is 0 Å². The van der Waals surface area contributed by atoms with E-state index in [1.165, 1.54) is 25.7 Å². The molecule has 2 bridgehead atoms. The molecule has 7 rings (SSSR count). The van der Waals surface area contributed by atoms with Crippen LogP contribution < -0.4 is 16.0 Å². The number of anilines is 5. The van der Waals surface area contributed by atoms with Crippen molar-refractivity contribution in [1.82, 2.24) is 39.4 Å². The second-order valence-corrected chi connectivity index (χ2v) is 10.6. The van der Waals surface area contributed by atoms with Gasteiger partial charge in [0.25, 0.3) is 0 Å². The van der Waals surface area contributed by atoms with Gasteiger partial charge in [0, 0.05) is 39.1 Å². The number of hydrogen-bond acceptors (Lipinski definition) is 10. The summed E-state index contributed by atoms with van der Waals surface area (Å²) in [6.45, 7) is 4.60. The second-order valence-electron chi connectivity index (χ2n) is 10.6. The Morgan fingerprint density at radius 3 is 2.73 bits per heavy atom. The maximum absolute atomic E-state index is 12.9. The Balaban J connectivity index is 1.14. The zero-order chi connectivity index (χ0) is 27.6. The van der Waals surface area contributed by atoms with Crippen molar-refractivity contribution in [3.8, 4) is 0 Å². The fraction of sp³-hybridized carbons (Fsp3) is 0.481. The number of pyridine rings is 1. The molecule has 3 N–H and O–H groups in total. The van der Waals surface area contributed by atoms with Gasteiger partial charge in [-0.05, 0) is 44.6 Å². The van der Waals surface area contributed by atoms with Gasteiger partial charge in [-0.25, -0.2) is 9.67 Å². The van der Waals surface area contributed by atoms with E-state index in [-0.39, 0.29) is 5.91 Å². The third-order valence-corrected chi connectivity index (χ3v) is 7.79. The van der Waals surface area contributed by atoms with Gasteiger partial charge in [-0.1, -0.05) is 0 Å². The molecule has 3 aliphatic rings. The molecule has 0 aromatic carbocycles. The van der Waals surface area contributed by atoms with E-state index in [2.05, 4.69) is 46.0 Å². The fourth-order valence-electron chi connectivity index (χ4n) is 5.66. The van der Waals surface area contributed by atoms with Crippen LogP contribution in [0.25, 0.3) is 11.0 Å². The highest BCUT2D eigenvalue weighted by molar-refractivity contribution is 5.93. The molecule has 1 aliphatic carbocycles. The smallest absolute Gasteiger partial charge is 0.238 e. The predicted molar refractivity (Wildman–Crippen MR) is 152 cm³/mol. The molecule has 6 heterocycles. The summed E-state index contributed by atoms with van der Waals surface area (Å²) in [7, 11) is 3.50. The number of rotatable bonds is 10. The molecule has 2 aliphatic heterocycles. The van der Waals surface area contributed by atoms with Gasteiger partial charge in [-0.15, -0.1) is 0 Å². The fourth-order valence-corrected chi connectivity index (χ4v) is 5.66. The second kappa shape index (κ2) is 11.2. The van der Waals surface area contributed by atoms with Crippen molar-refractivity contribution in [3.05, 3.63) is 36.5 Å². The maximum Gasteiger partial charge on any atom is 0.238 e. The van der Waals surface area contributed by atoms with E-state index in [4.69, 9.17) is 4.74 Å². The number of piperidine rings is 2. The molecule has 13 heteroatoms. The molecule has 2 saturated heterocycles. The molecule has 0 spiro atoms. The van der Waals surface area contributed by atoms with E-state index in [0.717, 1.165) is 34.9 Å². The number of ether oxygens (including phenoxy) is 1. The Kier molecular flexibility index (Phi) is 7.30. The van der Waals surface area contributed by atoms with Gasteiger partial charge < -0.3 is 20.7 Å². The van der Waals surface area contributed by atoms with Crippen LogP contribution in [0.5, 0.6) is 0 Å². The minimum atomic E-state index is -0.00916. The summed E-state index contributed by atoms with van der Waals surface area (Å²) in [6, 6.07) is 2.43. The number of hydrogen-bond donors (Lipinski definition) is 3. The molecule has 4 aromatic rings. The number of carbonyl (C=O) groups excluding carboxylic acids is 1. The first-order chi connectivity index (χ1) is 19.4. The third kappa shape index (κ3) is 5.61. The van der Waals surface area contributed by atoms with Crippen molar-refractivity contribution in [1.29, 1.82) is 0 Å². The topological polar surface area (TPSA) is 140 Å². The Labute approximate surface area is 232 Å². The highest BCUT2D eigenvalue weighted by Crippen LogP contribution is 2.34. The van der Waals surface area contributed by atoms with Crippen LogP contribution in [0.4, 0.5) is 28.8 Å². The number of fused-ring (bicyclic) bond motifs is 4. The standard InChI is InChI=1S/C27H35N11O2/c1-17-23(10-19(11-28-17)31-24(39)16-37-14-18-4-6-21(37)7-5-18)33-25-22-13-29-27(34-26(22)36(2)35-25)32-20-12-30-38(15-20)8-9-40-3/h10-13,15,18,21H,4-9,14,16H2,1-3H3,(H,31,39)(H,33,35)(H,29,32,34). The molecule has 0 atom stereocenters. The van der Waals surface area contributed by atoms with Crippen molar-refractivity contribution in [2.45, 2.75) is 45.2 Å². The Bertz CT molecular complexity index is 1510. The van der Waals surface area contributed by atoms with Gasteiger partial charge in [-0.2, -0.15) is 15.2 Å². The SMILES string of the molecule is COCCn1cc(Nc2ncc3c(Nc4cc(NC(=O)CN5CC6CCC5CC6)cnc4C)nn(C)c3n2)cn1. The number of nitrogens with zero attached hydrogens (tertiary/aromatic N) is 8. The normalized spacial score (nSPS) is 18.8. The summed E-state index contributed by atoms with van der Waals surface area (Å²) in [5.41, 5.74) is 3.63. The van der Waals surface area contributed by atoms with Crippen LogP contribution in [0.2, 0.25) is 0 Å². The molecule has 1 saturated carbocycles. The average molecular weight is 546 g/mol. The monoisotopic (exact) mass is 545 g/mol. The lowest BCUT2D eigenvalue weighted by Crippen LogP contribution is -2.50. The molecule has 0 unspecified atom stereocenters. The van der Waals surface area contributed by atoms with Crippen molar-refractivity contribution in [2.75, 3.05) is 42.8 Å². The lowest BCUT2D eigenvalue weighted by Gasteiger charge is -2.44. The van der Waals surface area contributed by atoms with Crippen LogP contribution in [0.1, 0.15) is 31.4 Å². The zero-order valence-corrected chi connectivity index (χ0v) is 23.1. The minimum Gasteiger partial charge on any atom is -0.383 e. The molecule has 0 radical (unpaired) electrons. The number of carbonyl (C=O) groups is 1. The lowest BCUT2D eigenvalue weighted by atomic mass is 9.80. The van der Waals surface area contributed by atoms with Gasteiger partial charge in [0.2, 0.25) is 11.9 Å². The van der Waals surface area contributed by atoms with Crippen LogP contribution >= 0.6 is 0 Å². The molecular weight excluding hydrogens is 510 g/mol. The molecule has 210 valence electrons. The maximum atomic E-state index is 12.9. The summed E-state index contributed by atoms with van der Waals surface area (Å²) in [4.78, 5) is 28.8. The first kappa shape index (κ1) is 26.1. The molecule has 40 heavy (non-hydrogen) atoms. The van der Waals surface area contributed by atoms with Crippen molar-refractivity contribution in [3.63, 3.8) is 0 Å². The number of aryl methyl sites for hydroxylation is 2. The van der Waals surface area contributed by atoms with Gasteiger partial charge >= 0.3 is 0 Å². The average Bonchev–Trinajstić information content (AvgIpc) is 3.53. The van der Waals surface area contributed by atoms with Crippen molar-refractivity contribution >= 4 is 45.8 Å². The van der Waals surface area contributed by atoms with E-state index in [9.17, 15) is 4.79 Å². The number of nitrogens with one attached hydrogen (secondary N) is 3.